The number of rotatable bonds is 6. The molecule has 122 valence electrons. The highest BCUT2D eigenvalue weighted by Crippen LogP contribution is 2.14. The first kappa shape index (κ1) is 18.4. The molecule has 1 fully saturated rings. The van der Waals surface area contributed by atoms with Crippen molar-refractivity contribution in [3.8, 4) is 0 Å². The van der Waals surface area contributed by atoms with Crippen LogP contribution in [-0.4, -0.2) is 37.6 Å². The third kappa shape index (κ3) is 4.95. The molecule has 0 radical (unpaired) electrons. The highest BCUT2D eigenvalue weighted by atomic mass is 35.5. The molecule has 2 N–H and O–H groups in total. The summed E-state index contributed by atoms with van der Waals surface area (Å²) in [4.78, 5) is 4.12. The van der Waals surface area contributed by atoms with Crippen LogP contribution in [0.1, 0.15) is 32.0 Å². The first-order chi connectivity index (χ1) is 9.53. The average molecular weight is 337 g/mol. The molecule has 1 unspecified atom stereocenters. The second-order valence-corrected chi connectivity index (χ2v) is 7.03. The molecule has 2 heterocycles. The lowest BCUT2D eigenvalue weighted by Gasteiger charge is -2.22. The van der Waals surface area contributed by atoms with Gasteiger partial charge in [0.15, 0.2) is 5.03 Å². The van der Waals surface area contributed by atoms with Crippen molar-refractivity contribution in [1.82, 2.24) is 19.6 Å². The maximum absolute atomic E-state index is 12.2. The lowest BCUT2D eigenvalue weighted by Crippen LogP contribution is -2.33. The lowest BCUT2D eigenvalue weighted by molar-refractivity contribution is 0.358. The quantitative estimate of drug-likeness (QED) is 0.821. The highest BCUT2D eigenvalue weighted by molar-refractivity contribution is 7.89. The van der Waals surface area contributed by atoms with Crippen molar-refractivity contribution in [1.29, 1.82) is 0 Å². The molecular weight excluding hydrogens is 312 g/mol. The van der Waals surface area contributed by atoms with Gasteiger partial charge >= 0.3 is 0 Å². The number of aryl methyl sites for hydroxylation is 2. The van der Waals surface area contributed by atoms with Gasteiger partial charge < -0.3 is 9.88 Å². The summed E-state index contributed by atoms with van der Waals surface area (Å²) >= 11 is 0. The van der Waals surface area contributed by atoms with Crippen molar-refractivity contribution in [2.75, 3.05) is 19.6 Å². The van der Waals surface area contributed by atoms with Gasteiger partial charge in [-0.2, -0.15) is 0 Å². The van der Waals surface area contributed by atoms with E-state index in [1.54, 1.807) is 6.20 Å². The second-order valence-electron chi connectivity index (χ2n) is 5.31. The Morgan fingerprint density at radius 1 is 1.52 bits per heavy atom. The van der Waals surface area contributed by atoms with E-state index in [2.05, 4.69) is 15.0 Å². The Balaban J connectivity index is 0.00000220. The third-order valence-electron chi connectivity index (χ3n) is 3.81. The van der Waals surface area contributed by atoms with Crippen LogP contribution >= 0.6 is 12.4 Å². The Morgan fingerprint density at radius 3 is 2.86 bits per heavy atom. The fraction of sp³-hybridized carbons (Fsp3) is 0.769. The number of sulfonamides is 1. The van der Waals surface area contributed by atoms with Crippen LogP contribution in [0, 0.1) is 12.8 Å². The number of halogens is 1. The number of piperidine rings is 1. The maximum Gasteiger partial charge on any atom is 0.259 e. The molecule has 1 aliphatic rings. The predicted octanol–water partition coefficient (Wildman–Crippen LogP) is 1.30. The largest absolute Gasteiger partial charge is 0.334 e. The van der Waals surface area contributed by atoms with Crippen LogP contribution in [0.15, 0.2) is 11.2 Å². The maximum atomic E-state index is 12.2. The molecule has 0 saturated carbocycles. The van der Waals surface area contributed by atoms with Gasteiger partial charge in [-0.15, -0.1) is 12.4 Å². The van der Waals surface area contributed by atoms with E-state index < -0.39 is 10.0 Å². The van der Waals surface area contributed by atoms with Crippen LogP contribution in [0.5, 0.6) is 0 Å². The van der Waals surface area contributed by atoms with Crippen LogP contribution < -0.4 is 10.0 Å². The topological polar surface area (TPSA) is 76.0 Å². The molecule has 0 amide bonds. The number of nitrogens with zero attached hydrogens (tertiary/aromatic N) is 2. The van der Waals surface area contributed by atoms with E-state index in [0.717, 1.165) is 31.9 Å². The summed E-state index contributed by atoms with van der Waals surface area (Å²) in [6, 6.07) is 0. The van der Waals surface area contributed by atoms with Gasteiger partial charge in [-0.25, -0.2) is 18.1 Å². The highest BCUT2D eigenvalue weighted by Gasteiger charge is 2.19. The molecule has 1 aromatic heterocycles. The zero-order valence-electron chi connectivity index (χ0n) is 12.6. The lowest BCUT2D eigenvalue weighted by atomic mass is 9.96. The van der Waals surface area contributed by atoms with Crippen LogP contribution in [0.4, 0.5) is 0 Å². The number of aromatic nitrogens is 2. The molecular formula is C13H25ClN4O2S. The van der Waals surface area contributed by atoms with Gasteiger partial charge in [0, 0.05) is 19.3 Å². The Morgan fingerprint density at radius 2 is 2.29 bits per heavy atom. The van der Waals surface area contributed by atoms with Crippen LogP contribution in [-0.2, 0) is 16.6 Å². The number of hydrogen-bond acceptors (Lipinski definition) is 4. The molecule has 21 heavy (non-hydrogen) atoms. The van der Waals surface area contributed by atoms with Gasteiger partial charge in [0.2, 0.25) is 0 Å². The van der Waals surface area contributed by atoms with E-state index in [0.29, 0.717) is 12.5 Å². The first-order valence-electron chi connectivity index (χ1n) is 7.27. The predicted molar refractivity (Wildman–Crippen MR) is 85.3 cm³/mol. The molecule has 1 saturated heterocycles. The molecule has 8 heteroatoms. The van der Waals surface area contributed by atoms with E-state index in [4.69, 9.17) is 0 Å². The molecule has 0 bridgehead atoms. The fourth-order valence-electron chi connectivity index (χ4n) is 2.57. The Hall–Kier alpha value is -0.630. The molecule has 6 nitrogen and oxygen atoms in total. The molecule has 1 aliphatic heterocycles. The van der Waals surface area contributed by atoms with Crippen molar-refractivity contribution in [2.24, 2.45) is 5.92 Å². The Labute approximate surface area is 133 Å². The summed E-state index contributed by atoms with van der Waals surface area (Å²) in [5, 5.41) is 3.46. The number of hydrogen-bond donors (Lipinski definition) is 2. The smallest absolute Gasteiger partial charge is 0.259 e. The zero-order valence-corrected chi connectivity index (χ0v) is 14.3. The Kier molecular flexibility index (Phi) is 7.12. The van der Waals surface area contributed by atoms with Crippen LogP contribution in [0.25, 0.3) is 0 Å². The Bertz CT molecular complexity index is 538. The molecule has 0 aromatic carbocycles. The van der Waals surface area contributed by atoms with Gasteiger partial charge in [0.05, 0.1) is 0 Å². The summed E-state index contributed by atoms with van der Waals surface area (Å²) in [6.07, 6.45) is 4.83. The standard InChI is InChI=1S/C13H24N4O2S.ClH/c1-3-17-10-13(16-11(17)2)20(18,19)15-8-6-12-5-4-7-14-9-12;/h10,12,14-15H,3-9H2,1-2H3;1H. The first-order valence-corrected chi connectivity index (χ1v) is 8.75. The summed E-state index contributed by atoms with van der Waals surface area (Å²) < 4.78 is 28.8. The SMILES string of the molecule is CCn1cc(S(=O)(=O)NCCC2CCCNC2)nc1C.Cl. The minimum atomic E-state index is -3.48. The summed E-state index contributed by atoms with van der Waals surface area (Å²) in [6.45, 7) is 7.06. The van der Waals surface area contributed by atoms with Crippen LogP contribution in [0.3, 0.4) is 0 Å². The number of imidazole rings is 1. The normalized spacial score (nSPS) is 19.2. The van der Waals surface area contributed by atoms with E-state index in [-0.39, 0.29) is 17.4 Å². The van der Waals surface area contributed by atoms with Gasteiger partial charge in [0.25, 0.3) is 10.0 Å². The molecule has 1 atom stereocenters. The summed E-state index contributed by atoms with van der Waals surface area (Å²) in [7, 11) is -3.48. The van der Waals surface area contributed by atoms with Crippen molar-refractivity contribution in [3.63, 3.8) is 0 Å². The molecule has 1 aromatic rings. The average Bonchev–Trinajstić information content (AvgIpc) is 2.82. The van der Waals surface area contributed by atoms with Gasteiger partial charge in [-0.05, 0) is 52.1 Å². The molecule has 2 rings (SSSR count). The molecule has 0 aliphatic carbocycles. The van der Waals surface area contributed by atoms with Crippen molar-refractivity contribution in [2.45, 2.75) is 44.7 Å². The minimum absolute atomic E-state index is 0. The fourth-order valence-corrected chi connectivity index (χ4v) is 3.62. The van der Waals surface area contributed by atoms with Gasteiger partial charge in [-0.1, -0.05) is 0 Å². The molecule has 0 spiro atoms. The van der Waals surface area contributed by atoms with Crippen molar-refractivity contribution >= 4 is 22.4 Å². The summed E-state index contributed by atoms with van der Waals surface area (Å²) in [5.41, 5.74) is 0. The zero-order chi connectivity index (χ0) is 14.6. The van der Waals surface area contributed by atoms with E-state index in [9.17, 15) is 8.42 Å². The van der Waals surface area contributed by atoms with E-state index in [1.165, 1.54) is 12.8 Å². The number of nitrogens with one attached hydrogen (secondary N) is 2. The van der Waals surface area contributed by atoms with E-state index >= 15 is 0 Å². The van der Waals surface area contributed by atoms with Crippen molar-refractivity contribution in [3.05, 3.63) is 12.0 Å². The van der Waals surface area contributed by atoms with Gasteiger partial charge in [0.1, 0.15) is 5.82 Å². The monoisotopic (exact) mass is 336 g/mol. The van der Waals surface area contributed by atoms with Crippen molar-refractivity contribution < 1.29 is 8.42 Å². The van der Waals surface area contributed by atoms with Crippen LogP contribution in [0.2, 0.25) is 0 Å². The summed E-state index contributed by atoms with van der Waals surface area (Å²) in [5.74, 6) is 1.30. The minimum Gasteiger partial charge on any atom is -0.334 e. The van der Waals surface area contributed by atoms with Gasteiger partial charge in [-0.3, -0.25) is 0 Å². The third-order valence-corrected chi connectivity index (χ3v) is 5.15. The second kappa shape index (κ2) is 8.12. The van der Waals surface area contributed by atoms with E-state index in [1.807, 2.05) is 18.4 Å².